The van der Waals surface area contributed by atoms with Crippen molar-refractivity contribution in [1.29, 1.82) is 0 Å². The Hall–Kier alpha value is -3.10. The van der Waals surface area contributed by atoms with Crippen molar-refractivity contribution < 1.29 is 28.7 Å². The molecular formula is C26H39N3O6. The number of methoxy groups -OCH3 is 1. The molecule has 3 atom stereocenters. The molecule has 0 saturated heterocycles. The van der Waals surface area contributed by atoms with Crippen LogP contribution >= 0.6 is 0 Å². The number of amides is 3. The number of rotatable bonds is 10. The molecule has 2 rings (SSSR count). The SMILES string of the molecule is CCC(C)C(NC(=O)OC(C)(C)C)C(=O)N(C1CC1)C(C(=O)NCC(=O)OC)c1ccccc1C. The zero-order chi connectivity index (χ0) is 26.3. The Morgan fingerprint density at radius 3 is 2.29 bits per heavy atom. The Balaban J connectivity index is 2.46. The number of ether oxygens (including phenoxy) is 2. The van der Waals surface area contributed by atoms with Gasteiger partial charge >= 0.3 is 12.1 Å². The molecule has 35 heavy (non-hydrogen) atoms. The Bertz CT molecular complexity index is 922. The molecule has 194 valence electrons. The number of esters is 1. The Labute approximate surface area is 207 Å². The molecule has 0 heterocycles. The molecular weight excluding hydrogens is 450 g/mol. The molecule has 0 bridgehead atoms. The van der Waals surface area contributed by atoms with Crippen LogP contribution in [0, 0.1) is 12.8 Å². The molecule has 3 amide bonds. The normalized spacial score (nSPS) is 15.9. The highest BCUT2D eigenvalue weighted by Crippen LogP contribution is 2.37. The summed E-state index contributed by atoms with van der Waals surface area (Å²) in [6.45, 7) is 10.6. The molecule has 0 radical (unpaired) electrons. The molecule has 1 aliphatic carbocycles. The zero-order valence-corrected chi connectivity index (χ0v) is 21.8. The van der Waals surface area contributed by atoms with Crippen LogP contribution in [-0.2, 0) is 23.9 Å². The smallest absolute Gasteiger partial charge is 0.408 e. The van der Waals surface area contributed by atoms with Crippen LogP contribution in [0.15, 0.2) is 24.3 Å². The van der Waals surface area contributed by atoms with Gasteiger partial charge in [-0.25, -0.2) is 4.79 Å². The van der Waals surface area contributed by atoms with Crippen molar-refractivity contribution in [2.75, 3.05) is 13.7 Å². The molecule has 0 spiro atoms. The molecule has 1 saturated carbocycles. The molecule has 9 heteroatoms. The first-order valence-electron chi connectivity index (χ1n) is 12.1. The topological polar surface area (TPSA) is 114 Å². The predicted molar refractivity (Wildman–Crippen MR) is 131 cm³/mol. The molecule has 1 aliphatic rings. The van der Waals surface area contributed by atoms with Crippen LogP contribution < -0.4 is 10.6 Å². The van der Waals surface area contributed by atoms with Gasteiger partial charge in [0, 0.05) is 6.04 Å². The average Bonchev–Trinajstić information content (AvgIpc) is 3.62. The Morgan fingerprint density at radius 2 is 1.77 bits per heavy atom. The molecule has 1 fully saturated rings. The van der Waals surface area contributed by atoms with Crippen molar-refractivity contribution in [2.24, 2.45) is 5.92 Å². The van der Waals surface area contributed by atoms with Gasteiger partial charge in [-0.05, 0) is 57.6 Å². The maximum Gasteiger partial charge on any atom is 0.408 e. The molecule has 1 aromatic carbocycles. The summed E-state index contributed by atoms with van der Waals surface area (Å²) >= 11 is 0. The first kappa shape index (κ1) is 28.1. The van der Waals surface area contributed by atoms with Crippen molar-refractivity contribution in [1.82, 2.24) is 15.5 Å². The molecule has 3 unspecified atom stereocenters. The number of aryl methyl sites for hydroxylation is 1. The molecule has 2 N–H and O–H groups in total. The van der Waals surface area contributed by atoms with Crippen LogP contribution in [-0.4, -0.2) is 60.1 Å². The van der Waals surface area contributed by atoms with Gasteiger partial charge in [0.25, 0.3) is 0 Å². The maximum atomic E-state index is 14.0. The summed E-state index contributed by atoms with van der Waals surface area (Å²) in [6.07, 6.45) is 1.44. The first-order valence-corrected chi connectivity index (χ1v) is 12.1. The fraction of sp³-hybridized carbons (Fsp3) is 0.615. The fourth-order valence-electron chi connectivity index (χ4n) is 3.79. The minimum Gasteiger partial charge on any atom is -0.468 e. The number of nitrogens with zero attached hydrogens (tertiary/aromatic N) is 1. The lowest BCUT2D eigenvalue weighted by molar-refractivity contribution is -0.145. The number of carbonyl (C=O) groups excluding carboxylic acids is 4. The summed E-state index contributed by atoms with van der Waals surface area (Å²) in [4.78, 5) is 53.3. The van der Waals surface area contributed by atoms with Crippen LogP contribution in [0.1, 0.15) is 71.0 Å². The van der Waals surface area contributed by atoms with Crippen molar-refractivity contribution in [3.05, 3.63) is 35.4 Å². The van der Waals surface area contributed by atoms with E-state index in [1.165, 1.54) is 7.11 Å². The first-order chi connectivity index (χ1) is 16.4. The van der Waals surface area contributed by atoms with Crippen molar-refractivity contribution >= 4 is 23.9 Å². The van der Waals surface area contributed by atoms with E-state index in [0.29, 0.717) is 12.0 Å². The molecule has 0 aliphatic heterocycles. The Kier molecular flexibility index (Phi) is 9.68. The van der Waals surface area contributed by atoms with Gasteiger partial charge in [0.15, 0.2) is 0 Å². The van der Waals surface area contributed by atoms with Crippen LogP contribution in [0.25, 0.3) is 0 Å². The van der Waals surface area contributed by atoms with Crippen LogP contribution in [0.4, 0.5) is 4.79 Å². The van der Waals surface area contributed by atoms with E-state index in [2.05, 4.69) is 15.4 Å². The highest BCUT2D eigenvalue weighted by Gasteiger charge is 2.45. The van der Waals surface area contributed by atoms with E-state index in [1.54, 1.807) is 31.7 Å². The third-order valence-electron chi connectivity index (χ3n) is 5.99. The van der Waals surface area contributed by atoms with Crippen molar-refractivity contribution in [3.63, 3.8) is 0 Å². The minimum atomic E-state index is -0.965. The number of hydrogen-bond donors (Lipinski definition) is 2. The lowest BCUT2D eigenvalue weighted by Gasteiger charge is -2.36. The predicted octanol–water partition coefficient (Wildman–Crippen LogP) is 3.26. The monoisotopic (exact) mass is 489 g/mol. The number of benzene rings is 1. The highest BCUT2D eigenvalue weighted by atomic mass is 16.6. The van der Waals surface area contributed by atoms with E-state index in [0.717, 1.165) is 18.4 Å². The number of alkyl carbamates (subject to hydrolysis) is 1. The third kappa shape index (κ3) is 7.97. The Morgan fingerprint density at radius 1 is 1.14 bits per heavy atom. The number of nitrogens with one attached hydrogen (secondary N) is 2. The van der Waals surface area contributed by atoms with Gasteiger partial charge in [-0.15, -0.1) is 0 Å². The summed E-state index contributed by atoms with van der Waals surface area (Å²) in [5.41, 5.74) is 0.778. The van der Waals surface area contributed by atoms with Gasteiger partial charge in [-0.1, -0.05) is 44.5 Å². The minimum absolute atomic E-state index is 0.150. The van der Waals surface area contributed by atoms with Gasteiger partial charge in [0.1, 0.15) is 24.2 Å². The third-order valence-corrected chi connectivity index (χ3v) is 5.99. The van der Waals surface area contributed by atoms with Crippen LogP contribution in [0.3, 0.4) is 0 Å². The van der Waals surface area contributed by atoms with Gasteiger partial charge in [-0.3, -0.25) is 14.4 Å². The summed E-state index contributed by atoms with van der Waals surface area (Å²) in [6, 6.07) is 5.35. The van der Waals surface area contributed by atoms with Crippen LogP contribution in [0.2, 0.25) is 0 Å². The van der Waals surface area contributed by atoms with Crippen LogP contribution in [0.5, 0.6) is 0 Å². The van der Waals surface area contributed by atoms with E-state index in [4.69, 9.17) is 4.74 Å². The second-order valence-electron chi connectivity index (χ2n) is 10.0. The average molecular weight is 490 g/mol. The van der Waals surface area contributed by atoms with E-state index < -0.39 is 35.7 Å². The molecule has 9 nitrogen and oxygen atoms in total. The highest BCUT2D eigenvalue weighted by molar-refractivity contribution is 5.94. The zero-order valence-electron chi connectivity index (χ0n) is 21.8. The van der Waals surface area contributed by atoms with Gasteiger partial charge < -0.3 is 25.0 Å². The van der Waals surface area contributed by atoms with Gasteiger partial charge in [-0.2, -0.15) is 0 Å². The lowest BCUT2D eigenvalue weighted by Crippen LogP contribution is -2.56. The number of hydrogen-bond acceptors (Lipinski definition) is 6. The lowest BCUT2D eigenvalue weighted by atomic mass is 9.94. The number of carbonyl (C=O) groups is 4. The quantitative estimate of drug-likeness (QED) is 0.488. The van der Waals surface area contributed by atoms with Gasteiger partial charge in [0.05, 0.1) is 7.11 Å². The second kappa shape index (κ2) is 12.0. The molecule has 1 aromatic rings. The largest absolute Gasteiger partial charge is 0.468 e. The van der Waals surface area contributed by atoms with Gasteiger partial charge in [0.2, 0.25) is 11.8 Å². The van der Waals surface area contributed by atoms with Crippen molar-refractivity contribution in [2.45, 2.75) is 84.5 Å². The summed E-state index contributed by atoms with van der Waals surface area (Å²) in [7, 11) is 1.24. The van der Waals surface area contributed by atoms with E-state index >= 15 is 0 Å². The summed E-state index contributed by atoms with van der Waals surface area (Å²) < 4.78 is 10.1. The van der Waals surface area contributed by atoms with E-state index in [-0.39, 0.29) is 24.4 Å². The van der Waals surface area contributed by atoms with Crippen molar-refractivity contribution in [3.8, 4) is 0 Å². The fourth-order valence-corrected chi connectivity index (χ4v) is 3.79. The maximum absolute atomic E-state index is 14.0. The standard InChI is InChI=1S/C26H39N3O6/c1-8-16(2)21(28-25(33)35-26(4,5)6)24(32)29(18-13-14-18)22(19-12-10-9-11-17(19)3)23(31)27-15-20(30)34-7/h9-12,16,18,21-22H,8,13-15H2,1-7H3,(H,27,31)(H,28,33). The second-order valence-corrected chi connectivity index (χ2v) is 10.0. The van der Waals surface area contributed by atoms with E-state index in [1.807, 2.05) is 39.0 Å². The van der Waals surface area contributed by atoms with E-state index in [9.17, 15) is 19.2 Å². The summed E-state index contributed by atoms with van der Waals surface area (Å²) in [5.74, 6) is -1.62. The molecule has 0 aromatic heterocycles. The summed E-state index contributed by atoms with van der Waals surface area (Å²) in [5, 5.41) is 5.36.